The van der Waals surface area contributed by atoms with Crippen LogP contribution in [0.25, 0.3) is 0 Å². The molecule has 0 aliphatic carbocycles. The SMILES string of the molecule is COC(=O)[C@H](Cc1ccccc1)N(CSc1ccccc1)C(=O)[C@H](C)NC(=O)OCc1ccccc1. The van der Waals surface area contributed by atoms with E-state index in [2.05, 4.69) is 5.32 Å². The summed E-state index contributed by atoms with van der Waals surface area (Å²) in [5, 5.41) is 2.59. The molecule has 3 aromatic rings. The molecular weight excluding hydrogens is 476 g/mol. The van der Waals surface area contributed by atoms with Crippen LogP contribution in [0.3, 0.4) is 0 Å². The van der Waals surface area contributed by atoms with E-state index in [0.29, 0.717) is 0 Å². The fraction of sp³-hybridized carbons (Fsp3) is 0.250. The Morgan fingerprint density at radius 1 is 0.861 bits per heavy atom. The Morgan fingerprint density at radius 3 is 2.00 bits per heavy atom. The number of rotatable bonds is 11. The number of ether oxygens (including phenoxy) is 2. The zero-order chi connectivity index (χ0) is 25.8. The normalized spacial score (nSPS) is 12.2. The summed E-state index contributed by atoms with van der Waals surface area (Å²) < 4.78 is 10.3. The van der Waals surface area contributed by atoms with Crippen LogP contribution in [-0.4, -0.2) is 47.9 Å². The minimum atomic E-state index is -0.924. The number of carbonyl (C=O) groups excluding carboxylic acids is 3. The lowest BCUT2D eigenvalue weighted by Crippen LogP contribution is -2.53. The van der Waals surface area contributed by atoms with Crippen LogP contribution in [0.4, 0.5) is 4.79 Å². The molecule has 7 nitrogen and oxygen atoms in total. The number of alkyl carbamates (subject to hydrolysis) is 1. The van der Waals surface area contributed by atoms with Gasteiger partial charge in [0.1, 0.15) is 18.7 Å². The Labute approximate surface area is 215 Å². The van der Waals surface area contributed by atoms with Crippen molar-refractivity contribution in [1.82, 2.24) is 10.2 Å². The first kappa shape index (κ1) is 26.8. The van der Waals surface area contributed by atoms with Crippen molar-refractivity contribution >= 4 is 29.7 Å². The third kappa shape index (κ3) is 8.16. The summed E-state index contributed by atoms with van der Waals surface area (Å²) in [5.41, 5.74) is 1.72. The number of nitrogens with zero attached hydrogens (tertiary/aromatic N) is 1. The van der Waals surface area contributed by atoms with E-state index in [1.807, 2.05) is 91.0 Å². The molecule has 0 radical (unpaired) electrons. The van der Waals surface area contributed by atoms with Crippen molar-refractivity contribution in [2.75, 3.05) is 13.0 Å². The number of benzene rings is 3. The first-order valence-electron chi connectivity index (χ1n) is 11.5. The van der Waals surface area contributed by atoms with Crippen LogP contribution in [0, 0.1) is 0 Å². The van der Waals surface area contributed by atoms with Gasteiger partial charge in [0.05, 0.1) is 13.0 Å². The zero-order valence-corrected chi connectivity index (χ0v) is 21.1. The molecule has 0 saturated carbocycles. The Balaban J connectivity index is 1.75. The molecule has 0 aromatic heterocycles. The largest absolute Gasteiger partial charge is 0.467 e. The molecule has 2 atom stereocenters. The number of hydrogen-bond acceptors (Lipinski definition) is 6. The van der Waals surface area contributed by atoms with Crippen LogP contribution in [0.15, 0.2) is 95.9 Å². The van der Waals surface area contributed by atoms with E-state index in [4.69, 9.17) is 9.47 Å². The predicted molar refractivity (Wildman–Crippen MR) is 139 cm³/mol. The molecule has 2 amide bonds. The van der Waals surface area contributed by atoms with Crippen LogP contribution >= 0.6 is 11.8 Å². The molecule has 8 heteroatoms. The highest BCUT2D eigenvalue weighted by Crippen LogP contribution is 2.22. The maximum Gasteiger partial charge on any atom is 0.408 e. The molecule has 0 spiro atoms. The Bertz CT molecular complexity index is 1110. The quantitative estimate of drug-likeness (QED) is 0.231. The molecule has 0 aliphatic rings. The zero-order valence-electron chi connectivity index (χ0n) is 20.3. The minimum absolute atomic E-state index is 0.0833. The minimum Gasteiger partial charge on any atom is -0.467 e. The summed E-state index contributed by atoms with van der Waals surface area (Å²) in [6.45, 7) is 1.66. The maximum atomic E-state index is 13.6. The molecule has 0 heterocycles. The maximum absolute atomic E-state index is 13.6. The lowest BCUT2D eigenvalue weighted by molar-refractivity contribution is -0.152. The number of thioether (sulfide) groups is 1. The lowest BCUT2D eigenvalue weighted by Gasteiger charge is -2.32. The van der Waals surface area contributed by atoms with E-state index in [0.717, 1.165) is 16.0 Å². The molecular formula is C28H30N2O5S. The molecule has 36 heavy (non-hydrogen) atoms. The highest BCUT2D eigenvalue weighted by molar-refractivity contribution is 7.99. The van der Waals surface area contributed by atoms with Crippen LogP contribution in [0.1, 0.15) is 18.1 Å². The monoisotopic (exact) mass is 506 g/mol. The number of carbonyl (C=O) groups is 3. The van der Waals surface area contributed by atoms with Gasteiger partial charge in [-0.3, -0.25) is 4.79 Å². The average Bonchev–Trinajstić information content (AvgIpc) is 2.92. The number of methoxy groups -OCH3 is 1. The van der Waals surface area contributed by atoms with E-state index in [1.54, 1.807) is 6.92 Å². The number of esters is 1. The fourth-order valence-electron chi connectivity index (χ4n) is 3.51. The molecule has 3 aromatic carbocycles. The summed E-state index contributed by atoms with van der Waals surface area (Å²) in [4.78, 5) is 41.2. The second-order valence-corrected chi connectivity index (χ2v) is 9.07. The van der Waals surface area contributed by atoms with Crippen LogP contribution in [0.5, 0.6) is 0 Å². The summed E-state index contributed by atoms with van der Waals surface area (Å²) in [5.74, 6) is -0.748. The van der Waals surface area contributed by atoms with Crippen molar-refractivity contribution < 1.29 is 23.9 Å². The summed E-state index contributed by atoms with van der Waals surface area (Å²) in [7, 11) is 1.30. The van der Waals surface area contributed by atoms with Gasteiger partial charge in [-0.1, -0.05) is 78.9 Å². The van der Waals surface area contributed by atoms with Crippen molar-refractivity contribution in [2.24, 2.45) is 0 Å². The van der Waals surface area contributed by atoms with Gasteiger partial charge in [-0.2, -0.15) is 0 Å². The van der Waals surface area contributed by atoms with Gasteiger partial charge < -0.3 is 19.7 Å². The van der Waals surface area contributed by atoms with E-state index in [-0.39, 0.29) is 18.9 Å². The van der Waals surface area contributed by atoms with Crippen molar-refractivity contribution in [2.45, 2.75) is 36.9 Å². The summed E-state index contributed by atoms with van der Waals surface area (Å²) in [6, 6.07) is 26.5. The first-order chi connectivity index (χ1) is 17.5. The smallest absolute Gasteiger partial charge is 0.408 e. The molecule has 0 fully saturated rings. The average molecular weight is 507 g/mol. The molecule has 0 unspecified atom stereocenters. The van der Waals surface area contributed by atoms with Gasteiger partial charge in [-0.15, -0.1) is 11.8 Å². The number of amides is 2. The molecule has 0 bridgehead atoms. The molecule has 3 rings (SSSR count). The van der Waals surface area contributed by atoms with Crippen LogP contribution in [-0.2, 0) is 32.1 Å². The van der Waals surface area contributed by atoms with E-state index in [1.165, 1.54) is 23.8 Å². The van der Waals surface area contributed by atoms with Gasteiger partial charge in [0.2, 0.25) is 5.91 Å². The van der Waals surface area contributed by atoms with Crippen molar-refractivity contribution in [1.29, 1.82) is 0 Å². The van der Waals surface area contributed by atoms with E-state index in [9.17, 15) is 14.4 Å². The topological polar surface area (TPSA) is 84.9 Å². The molecule has 1 N–H and O–H groups in total. The highest BCUT2D eigenvalue weighted by Gasteiger charge is 2.34. The van der Waals surface area contributed by atoms with Gasteiger partial charge >= 0.3 is 12.1 Å². The lowest BCUT2D eigenvalue weighted by atomic mass is 10.0. The van der Waals surface area contributed by atoms with Gasteiger partial charge in [0.15, 0.2) is 0 Å². The number of nitrogens with one attached hydrogen (secondary N) is 1. The van der Waals surface area contributed by atoms with Gasteiger partial charge in [0.25, 0.3) is 0 Å². The summed E-state index contributed by atoms with van der Waals surface area (Å²) in [6.07, 6.45) is -0.437. The Hall–Kier alpha value is -3.78. The van der Waals surface area contributed by atoms with Crippen molar-refractivity contribution in [3.63, 3.8) is 0 Å². The second-order valence-electron chi connectivity index (χ2n) is 8.05. The molecule has 0 saturated heterocycles. The van der Waals surface area contributed by atoms with Gasteiger partial charge in [-0.05, 0) is 30.2 Å². The third-order valence-corrected chi connectivity index (χ3v) is 6.45. The predicted octanol–water partition coefficient (Wildman–Crippen LogP) is 4.66. The van der Waals surface area contributed by atoms with Crippen LogP contribution < -0.4 is 5.32 Å². The molecule has 0 aliphatic heterocycles. The first-order valence-corrected chi connectivity index (χ1v) is 12.5. The second kappa shape index (κ2) is 13.9. The van der Waals surface area contributed by atoms with E-state index >= 15 is 0 Å². The fourth-order valence-corrected chi connectivity index (χ4v) is 4.46. The van der Waals surface area contributed by atoms with E-state index < -0.39 is 30.1 Å². The highest BCUT2D eigenvalue weighted by atomic mass is 32.2. The Kier molecular flexibility index (Phi) is 10.4. The van der Waals surface area contributed by atoms with Gasteiger partial charge in [-0.25, -0.2) is 9.59 Å². The van der Waals surface area contributed by atoms with Crippen LogP contribution in [0.2, 0.25) is 0 Å². The molecule has 188 valence electrons. The third-order valence-electron chi connectivity index (χ3n) is 5.44. The Morgan fingerprint density at radius 2 is 1.42 bits per heavy atom. The standard InChI is InChI=1S/C28H30N2O5S/c1-21(29-28(33)35-19-23-14-8-4-9-15-23)26(31)30(20-36-24-16-10-5-11-17-24)25(27(32)34-2)18-22-12-6-3-7-13-22/h3-17,21,25H,18-20H2,1-2H3,(H,29,33)/t21-,25-/m0/s1. The van der Waals surface area contributed by atoms with Gasteiger partial charge in [0, 0.05) is 11.3 Å². The van der Waals surface area contributed by atoms with Crippen molar-refractivity contribution in [3.8, 4) is 0 Å². The van der Waals surface area contributed by atoms with Crippen molar-refractivity contribution in [3.05, 3.63) is 102 Å². The number of hydrogen-bond donors (Lipinski definition) is 1. The summed E-state index contributed by atoms with van der Waals surface area (Å²) >= 11 is 1.42.